The van der Waals surface area contributed by atoms with Crippen LogP contribution in [0.15, 0.2) is 30.3 Å². The largest absolute Gasteiger partial charge is 0.396 e. The van der Waals surface area contributed by atoms with E-state index in [9.17, 15) is 0 Å². The maximum atomic E-state index is 8.70. The molecule has 1 aromatic carbocycles. The number of rotatable bonds is 6. The zero-order valence-electron chi connectivity index (χ0n) is 9.36. The summed E-state index contributed by atoms with van der Waals surface area (Å²) >= 11 is 1.72. The van der Waals surface area contributed by atoms with E-state index in [0.29, 0.717) is 0 Å². The van der Waals surface area contributed by atoms with Crippen molar-refractivity contribution in [2.75, 3.05) is 12.4 Å². The molecule has 2 rings (SSSR count). The van der Waals surface area contributed by atoms with Gasteiger partial charge in [0, 0.05) is 6.61 Å². The molecule has 1 heterocycles. The number of benzene rings is 1. The Morgan fingerprint density at radius 2 is 2.06 bits per heavy atom. The standard InChI is InChI=1S/C11H14N4OS/c16-7-4-8-17-9-11-12-13-14-15(11)10-5-2-1-3-6-10/h1-3,5-6,16H,4,7-9H2. The molecule has 0 saturated carbocycles. The fourth-order valence-electron chi connectivity index (χ4n) is 1.40. The number of hydrogen-bond donors (Lipinski definition) is 1. The molecule has 2 aromatic rings. The van der Waals surface area contributed by atoms with Gasteiger partial charge < -0.3 is 5.11 Å². The monoisotopic (exact) mass is 250 g/mol. The van der Waals surface area contributed by atoms with Crippen LogP contribution >= 0.6 is 11.8 Å². The molecule has 6 heteroatoms. The molecule has 0 aliphatic carbocycles. The molecule has 5 nitrogen and oxygen atoms in total. The third-order valence-electron chi connectivity index (χ3n) is 2.21. The number of nitrogens with zero attached hydrogens (tertiary/aromatic N) is 4. The number of para-hydroxylation sites is 1. The van der Waals surface area contributed by atoms with Crippen LogP contribution in [0.2, 0.25) is 0 Å². The number of hydrogen-bond acceptors (Lipinski definition) is 5. The van der Waals surface area contributed by atoms with E-state index in [1.807, 2.05) is 30.3 Å². The summed E-state index contributed by atoms with van der Waals surface area (Å²) in [5.74, 6) is 2.50. The minimum atomic E-state index is 0.233. The Morgan fingerprint density at radius 1 is 1.24 bits per heavy atom. The Labute approximate surface area is 104 Å². The highest BCUT2D eigenvalue weighted by atomic mass is 32.2. The van der Waals surface area contributed by atoms with Crippen LogP contribution in [0, 0.1) is 0 Å². The van der Waals surface area contributed by atoms with Crippen LogP contribution in [0.5, 0.6) is 0 Å². The van der Waals surface area contributed by atoms with E-state index in [4.69, 9.17) is 5.11 Å². The van der Waals surface area contributed by atoms with Gasteiger partial charge in [-0.1, -0.05) is 18.2 Å². The van der Waals surface area contributed by atoms with Crippen molar-refractivity contribution < 1.29 is 5.11 Å². The average Bonchev–Trinajstić information content (AvgIpc) is 2.84. The lowest BCUT2D eigenvalue weighted by molar-refractivity contribution is 0.296. The highest BCUT2D eigenvalue weighted by Gasteiger charge is 2.07. The predicted molar refractivity (Wildman–Crippen MR) is 67.0 cm³/mol. The Kier molecular flexibility index (Phi) is 4.52. The Hall–Kier alpha value is -1.40. The second kappa shape index (κ2) is 6.36. The number of tetrazole rings is 1. The van der Waals surface area contributed by atoms with Crippen molar-refractivity contribution in [1.82, 2.24) is 20.2 Å². The first kappa shape index (κ1) is 12.1. The third kappa shape index (κ3) is 3.28. The topological polar surface area (TPSA) is 63.8 Å². The summed E-state index contributed by atoms with van der Waals surface area (Å²) in [4.78, 5) is 0. The molecule has 0 spiro atoms. The van der Waals surface area contributed by atoms with Crippen molar-refractivity contribution in [2.24, 2.45) is 0 Å². The van der Waals surface area contributed by atoms with Gasteiger partial charge >= 0.3 is 0 Å². The molecule has 17 heavy (non-hydrogen) atoms. The van der Waals surface area contributed by atoms with Gasteiger partial charge in [0.2, 0.25) is 0 Å². The Bertz CT molecular complexity index is 446. The van der Waals surface area contributed by atoms with Crippen LogP contribution in [0.25, 0.3) is 5.69 Å². The highest BCUT2D eigenvalue weighted by Crippen LogP contribution is 2.13. The van der Waals surface area contributed by atoms with E-state index in [0.717, 1.165) is 29.4 Å². The molecule has 90 valence electrons. The van der Waals surface area contributed by atoms with Gasteiger partial charge in [-0.15, -0.1) is 5.10 Å². The van der Waals surface area contributed by atoms with Gasteiger partial charge in [0.25, 0.3) is 0 Å². The SMILES string of the molecule is OCCCSCc1nnnn1-c1ccccc1. The average molecular weight is 250 g/mol. The van der Waals surface area contributed by atoms with Crippen LogP contribution in [-0.4, -0.2) is 37.7 Å². The van der Waals surface area contributed by atoms with Gasteiger partial charge in [-0.05, 0) is 34.7 Å². The summed E-state index contributed by atoms with van der Waals surface area (Å²) in [6, 6.07) is 9.82. The van der Waals surface area contributed by atoms with Gasteiger partial charge in [0.1, 0.15) is 0 Å². The lowest BCUT2D eigenvalue weighted by atomic mass is 10.3. The van der Waals surface area contributed by atoms with Crippen LogP contribution in [0.3, 0.4) is 0 Å². The predicted octanol–water partition coefficient (Wildman–Crippen LogP) is 1.28. The van der Waals surface area contributed by atoms with Gasteiger partial charge in [-0.2, -0.15) is 16.4 Å². The molecular formula is C11H14N4OS. The van der Waals surface area contributed by atoms with Crippen molar-refractivity contribution in [2.45, 2.75) is 12.2 Å². The third-order valence-corrected chi connectivity index (χ3v) is 3.25. The lowest BCUT2D eigenvalue weighted by Crippen LogP contribution is -2.02. The van der Waals surface area contributed by atoms with Crippen molar-refractivity contribution >= 4 is 11.8 Å². The van der Waals surface area contributed by atoms with E-state index < -0.39 is 0 Å². The summed E-state index contributed by atoms with van der Waals surface area (Å²) in [5.41, 5.74) is 0.968. The molecule has 1 N–H and O–H groups in total. The van der Waals surface area contributed by atoms with Gasteiger partial charge in [0.05, 0.1) is 11.4 Å². The van der Waals surface area contributed by atoms with Crippen molar-refractivity contribution in [3.63, 3.8) is 0 Å². The fourth-order valence-corrected chi connectivity index (χ4v) is 2.24. The van der Waals surface area contributed by atoms with E-state index in [-0.39, 0.29) is 6.61 Å². The van der Waals surface area contributed by atoms with Gasteiger partial charge in [-0.3, -0.25) is 0 Å². The lowest BCUT2D eigenvalue weighted by Gasteiger charge is -2.03. The highest BCUT2D eigenvalue weighted by molar-refractivity contribution is 7.98. The number of aliphatic hydroxyl groups is 1. The minimum Gasteiger partial charge on any atom is -0.396 e. The molecule has 0 aliphatic rings. The summed E-state index contributed by atoms with van der Waals surface area (Å²) in [6.45, 7) is 0.233. The molecule has 0 unspecified atom stereocenters. The number of aromatic nitrogens is 4. The molecule has 0 aliphatic heterocycles. The summed E-state index contributed by atoms with van der Waals surface area (Å²) in [5, 5.41) is 20.4. The van der Waals surface area contributed by atoms with Crippen LogP contribution in [0.1, 0.15) is 12.2 Å². The maximum absolute atomic E-state index is 8.70. The van der Waals surface area contributed by atoms with E-state index in [1.54, 1.807) is 16.4 Å². The molecule has 0 radical (unpaired) electrons. The second-order valence-corrected chi connectivity index (χ2v) is 4.58. The Morgan fingerprint density at radius 3 is 2.82 bits per heavy atom. The van der Waals surface area contributed by atoms with Crippen LogP contribution < -0.4 is 0 Å². The molecular weight excluding hydrogens is 236 g/mol. The molecule has 0 amide bonds. The smallest absolute Gasteiger partial charge is 0.166 e. The summed E-state index contributed by atoms with van der Waals surface area (Å²) in [6.07, 6.45) is 0.803. The minimum absolute atomic E-state index is 0.233. The first-order valence-electron chi connectivity index (χ1n) is 5.43. The summed E-state index contributed by atoms with van der Waals surface area (Å²) < 4.78 is 1.74. The van der Waals surface area contributed by atoms with Crippen molar-refractivity contribution in [3.05, 3.63) is 36.2 Å². The molecule has 0 fully saturated rings. The number of thioether (sulfide) groups is 1. The van der Waals surface area contributed by atoms with Crippen LogP contribution in [0.4, 0.5) is 0 Å². The zero-order chi connectivity index (χ0) is 11.9. The molecule has 0 saturated heterocycles. The Balaban J connectivity index is 2.02. The van der Waals surface area contributed by atoms with Crippen molar-refractivity contribution in [1.29, 1.82) is 0 Å². The van der Waals surface area contributed by atoms with Gasteiger partial charge in [0.15, 0.2) is 5.82 Å². The summed E-state index contributed by atoms with van der Waals surface area (Å²) in [7, 11) is 0. The fraction of sp³-hybridized carbons (Fsp3) is 0.364. The normalized spacial score (nSPS) is 10.6. The zero-order valence-corrected chi connectivity index (χ0v) is 10.2. The number of aliphatic hydroxyl groups excluding tert-OH is 1. The van der Waals surface area contributed by atoms with E-state index in [2.05, 4.69) is 15.5 Å². The van der Waals surface area contributed by atoms with Gasteiger partial charge in [-0.25, -0.2) is 0 Å². The van der Waals surface area contributed by atoms with Crippen molar-refractivity contribution in [3.8, 4) is 5.69 Å². The second-order valence-electron chi connectivity index (χ2n) is 3.47. The molecule has 1 aromatic heterocycles. The van der Waals surface area contributed by atoms with E-state index >= 15 is 0 Å². The molecule has 0 atom stereocenters. The molecule has 0 bridgehead atoms. The quantitative estimate of drug-likeness (QED) is 0.782. The maximum Gasteiger partial charge on any atom is 0.166 e. The first-order valence-corrected chi connectivity index (χ1v) is 6.58. The van der Waals surface area contributed by atoms with E-state index in [1.165, 1.54) is 0 Å². The van der Waals surface area contributed by atoms with Crippen LogP contribution in [-0.2, 0) is 5.75 Å². The first-order chi connectivity index (χ1) is 8.42.